The molecule has 0 aliphatic heterocycles. The van der Waals surface area contributed by atoms with Gasteiger partial charge in [-0.25, -0.2) is 0 Å². The first-order valence-electron chi connectivity index (χ1n) is 7.43. The van der Waals surface area contributed by atoms with Crippen LogP contribution in [0.3, 0.4) is 0 Å². The van der Waals surface area contributed by atoms with Crippen LogP contribution in [0.2, 0.25) is 0 Å². The minimum absolute atomic E-state index is 0.628. The lowest BCUT2D eigenvalue weighted by atomic mass is 9.97. The smallest absolute Gasteiger partial charge is 0.106 e. The van der Waals surface area contributed by atoms with E-state index in [4.69, 9.17) is 0 Å². The first-order chi connectivity index (χ1) is 10.3. The molecule has 1 heterocycles. The average Bonchev–Trinajstić information content (AvgIpc) is 3.39. The van der Waals surface area contributed by atoms with E-state index in [1.165, 1.54) is 18.4 Å². The molecule has 4 rings (SSSR count). The highest BCUT2D eigenvalue weighted by atomic mass is 16.3. The second-order valence-electron chi connectivity index (χ2n) is 5.79. The molecule has 1 saturated carbocycles. The molecule has 1 N–H and O–H groups in total. The molecule has 1 fully saturated rings. The summed E-state index contributed by atoms with van der Waals surface area (Å²) in [6.07, 6.45) is 5.57. The molecule has 1 atom stereocenters. The second-order valence-corrected chi connectivity index (χ2v) is 5.79. The van der Waals surface area contributed by atoms with E-state index in [0.29, 0.717) is 0 Å². The van der Waals surface area contributed by atoms with Gasteiger partial charge in [0.15, 0.2) is 0 Å². The summed E-state index contributed by atoms with van der Waals surface area (Å²) in [5.74, 6) is 0.746. The Balaban J connectivity index is 1.73. The molecule has 1 aromatic heterocycles. The number of rotatable bonds is 3. The summed E-state index contributed by atoms with van der Waals surface area (Å²) in [7, 11) is 0. The highest BCUT2D eigenvalue weighted by Gasteiger charge is 2.23. The Hall–Kier alpha value is -2.19. The third-order valence-electron chi connectivity index (χ3n) is 4.29. The van der Waals surface area contributed by atoms with Crippen molar-refractivity contribution in [1.82, 2.24) is 4.98 Å². The summed E-state index contributed by atoms with van der Waals surface area (Å²) in [6.45, 7) is 0. The lowest BCUT2D eigenvalue weighted by molar-refractivity contribution is 0.221. The van der Waals surface area contributed by atoms with Crippen LogP contribution in [0.25, 0.3) is 10.8 Å². The SMILES string of the molecule is OC(c1ccc(C2CC2)cc1)c1cncc2ccccc12. The summed E-state index contributed by atoms with van der Waals surface area (Å²) >= 11 is 0. The minimum atomic E-state index is -0.628. The fourth-order valence-corrected chi connectivity index (χ4v) is 2.90. The van der Waals surface area contributed by atoms with Gasteiger partial charge in [0.25, 0.3) is 0 Å². The van der Waals surface area contributed by atoms with E-state index < -0.39 is 6.10 Å². The van der Waals surface area contributed by atoms with Crippen LogP contribution in [0, 0.1) is 0 Å². The molecular weight excluding hydrogens is 258 g/mol. The maximum atomic E-state index is 10.7. The summed E-state index contributed by atoms with van der Waals surface area (Å²) < 4.78 is 0. The first-order valence-corrected chi connectivity index (χ1v) is 7.43. The van der Waals surface area contributed by atoms with E-state index in [2.05, 4.69) is 17.1 Å². The Kier molecular flexibility index (Phi) is 2.97. The van der Waals surface area contributed by atoms with Crippen LogP contribution in [0.1, 0.15) is 41.6 Å². The third kappa shape index (κ3) is 2.32. The van der Waals surface area contributed by atoms with Crippen molar-refractivity contribution in [1.29, 1.82) is 0 Å². The number of pyridine rings is 1. The quantitative estimate of drug-likeness (QED) is 0.777. The van der Waals surface area contributed by atoms with Crippen LogP contribution in [0.5, 0.6) is 0 Å². The maximum Gasteiger partial charge on any atom is 0.106 e. The highest BCUT2D eigenvalue weighted by Crippen LogP contribution is 2.40. The van der Waals surface area contributed by atoms with Gasteiger partial charge in [-0.1, -0.05) is 48.5 Å². The average molecular weight is 275 g/mol. The zero-order valence-electron chi connectivity index (χ0n) is 11.7. The fraction of sp³-hybridized carbons (Fsp3) is 0.211. The number of benzene rings is 2. The molecular formula is C19H17NO. The van der Waals surface area contributed by atoms with Gasteiger partial charge in [-0.3, -0.25) is 4.98 Å². The number of nitrogens with zero attached hydrogens (tertiary/aromatic N) is 1. The van der Waals surface area contributed by atoms with E-state index in [0.717, 1.165) is 27.8 Å². The van der Waals surface area contributed by atoms with Crippen molar-refractivity contribution in [2.45, 2.75) is 24.9 Å². The van der Waals surface area contributed by atoms with Crippen molar-refractivity contribution in [3.05, 3.63) is 77.6 Å². The van der Waals surface area contributed by atoms with Crippen molar-refractivity contribution in [2.24, 2.45) is 0 Å². The van der Waals surface area contributed by atoms with Gasteiger partial charge in [0.05, 0.1) is 0 Å². The fourth-order valence-electron chi connectivity index (χ4n) is 2.90. The van der Waals surface area contributed by atoms with Gasteiger partial charge in [-0.05, 0) is 35.3 Å². The van der Waals surface area contributed by atoms with Gasteiger partial charge in [-0.15, -0.1) is 0 Å². The van der Waals surface area contributed by atoms with Gasteiger partial charge in [0, 0.05) is 23.3 Å². The number of aliphatic hydroxyl groups is 1. The molecule has 0 bridgehead atoms. The van der Waals surface area contributed by atoms with E-state index in [9.17, 15) is 5.11 Å². The first kappa shape index (κ1) is 12.5. The Morgan fingerprint density at radius 3 is 2.48 bits per heavy atom. The molecule has 0 radical (unpaired) electrons. The molecule has 21 heavy (non-hydrogen) atoms. The summed E-state index contributed by atoms with van der Waals surface area (Å²) in [5, 5.41) is 12.8. The predicted molar refractivity (Wildman–Crippen MR) is 84.2 cm³/mol. The molecule has 2 aromatic carbocycles. The molecule has 3 aromatic rings. The third-order valence-corrected chi connectivity index (χ3v) is 4.29. The monoisotopic (exact) mass is 275 g/mol. The van der Waals surface area contributed by atoms with E-state index in [1.54, 1.807) is 6.20 Å². The summed E-state index contributed by atoms with van der Waals surface area (Å²) in [5.41, 5.74) is 3.19. The highest BCUT2D eigenvalue weighted by molar-refractivity contribution is 5.85. The summed E-state index contributed by atoms with van der Waals surface area (Å²) in [6, 6.07) is 16.4. The summed E-state index contributed by atoms with van der Waals surface area (Å²) in [4.78, 5) is 4.26. The Labute approximate surface area is 124 Å². The molecule has 2 heteroatoms. The number of hydrogen-bond donors (Lipinski definition) is 1. The van der Waals surface area contributed by atoms with E-state index in [1.807, 2.05) is 42.6 Å². The molecule has 1 aliphatic rings. The molecule has 0 amide bonds. The van der Waals surface area contributed by atoms with Crippen LogP contribution in [-0.4, -0.2) is 10.1 Å². The normalized spacial score (nSPS) is 16.0. The molecule has 104 valence electrons. The van der Waals surface area contributed by atoms with Gasteiger partial charge in [0.1, 0.15) is 6.10 Å². The van der Waals surface area contributed by atoms with Gasteiger partial charge >= 0.3 is 0 Å². The van der Waals surface area contributed by atoms with Gasteiger partial charge in [0.2, 0.25) is 0 Å². The van der Waals surface area contributed by atoms with Crippen LogP contribution >= 0.6 is 0 Å². The molecule has 1 aliphatic carbocycles. The Bertz CT molecular complexity index is 770. The van der Waals surface area contributed by atoms with E-state index in [-0.39, 0.29) is 0 Å². The molecule has 1 unspecified atom stereocenters. The number of fused-ring (bicyclic) bond motifs is 1. The van der Waals surface area contributed by atoms with Crippen LogP contribution in [0.15, 0.2) is 60.9 Å². The topological polar surface area (TPSA) is 33.1 Å². The van der Waals surface area contributed by atoms with Crippen molar-refractivity contribution >= 4 is 10.8 Å². The standard InChI is InChI=1S/C19H17NO/c21-19(15-9-7-14(8-10-15)13-5-6-13)18-12-20-11-16-3-1-2-4-17(16)18/h1-4,7-13,19,21H,5-6H2. The maximum absolute atomic E-state index is 10.7. The number of hydrogen-bond acceptors (Lipinski definition) is 2. The van der Waals surface area contributed by atoms with Crippen molar-refractivity contribution < 1.29 is 5.11 Å². The lowest BCUT2D eigenvalue weighted by Gasteiger charge is -2.14. The Morgan fingerprint density at radius 2 is 1.71 bits per heavy atom. The van der Waals surface area contributed by atoms with Crippen LogP contribution < -0.4 is 0 Å². The largest absolute Gasteiger partial charge is 0.384 e. The lowest BCUT2D eigenvalue weighted by Crippen LogP contribution is -2.01. The van der Waals surface area contributed by atoms with Crippen LogP contribution in [-0.2, 0) is 0 Å². The molecule has 2 nitrogen and oxygen atoms in total. The van der Waals surface area contributed by atoms with Crippen LogP contribution in [0.4, 0.5) is 0 Å². The van der Waals surface area contributed by atoms with Gasteiger partial charge < -0.3 is 5.11 Å². The van der Waals surface area contributed by atoms with Crippen molar-refractivity contribution in [3.63, 3.8) is 0 Å². The zero-order chi connectivity index (χ0) is 14.2. The molecule has 0 saturated heterocycles. The Morgan fingerprint density at radius 1 is 0.952 bits per heavy atom. The second kappa shape index (κ2) is 4.97. The van der Waals surface area contributed by atoms with Crippen molar-refractivity contribution in [2.75, 3.05) is 0 Å². The minimum Gasteiger partial charge on any atom is -0.384 e. The molecule has 0 spiro atoms. The van der Waals surface area contributed by atoms with Gasteiger partial charge in [-0.2, -0.15) is 0 Å². The number of aromatic nitrogens is 1. The zero-order valence-corrected chi connectivity index (χ0v) is 11.7. The number of aliphatic hydroxyl groups excluding tert-OH is 1. The van der Waals surface area contributed by atoms with Crippen molar-refractivity contribution in [3.8, 4) is 0 Å². The van der Waals surface area contributed by atoms with E-state index >= 15 is 0 Å². The predicted octanol–water partition coefficient (Wildman–Crippen LogP) is 4.19.